The molecule has 0 aromatic carbocycles. The third kappa shape index (κ3) is 3.30. The molecular formula is C12H19NO2S. The van der Waals surface area contributed by atoms with Crippen LogP contribution in [0.1, 0.15) is 37.8 Å². The first kappa shape index (κ1) is 13.2. The average molecular weight is 241 g/mol. The van der Waals surface area contributed by atoms with Gasteiger partial charge in [0.05, 0.1) is 17.1 Å². The Kier molecular flexibility index (Phi) is 4.08. The van der Waals surface area contributed by atoms with E-state index in [0.717, 1.165) is 12.1 Å². The number of nitrogens with zero attached hydrogens (tertiary/aromatic N) is 1. The van der Waals surface area contributed by atoms with E-state index in [1.165, 1.54) is 4.88 Å². The quantitative estimate of drug-likeness (QED) is 0.881. The van der Waals surface area contributed by atoms with Gasteiger partial charge >= 0.3 is 5.97 Å². The summed E-state index contributed by atoms with van der Waals surface area (Å²) in [7, 11) is 0. The maximum Gasteiger partial charge on any atom is 0.307 e. The van der Waals surface area contributed by atoms with Crippen molar-refractivity contribution in [2.45, 2.75) is 40.5 Å². The predicted octanol–water partition coefficient (Wildman–Crippen LogP) is 3.13. The van der Waals surface area contributed by atoms with Crippen LogP contribution in [0.4, 0.5) is 0 Å². The van der Waals surface area contributed by atoms with Crippen molar-refractivity contribution in [3.05, 3.63) is 16.1 Å². The van der Waals surface area contributed by atoms with Gasteiger partial charge in [0.15, 0.2) is 0 Å². The van der Waals surface area contributed by atoms with Gasteiger partial charge in [-0.25, -0.2) is 4.98 Å². The molecule has 0 bridgehead atoms. The fourth-order valence-electron chi connectivity index (χ4n) is 1.77. The van der Waals surface area contributed by atoms with Crippen LogP contribution in [0, 0.1) is 18.3 Å². The van der Waals surface area contributed by atoms with Crippen molar-refractivity contribution in [1.29, 1.82) is 0 Å². The molecule has 1 N–H and O–H groups in total. The van der Waals surface area contributed by atoms with Crippen LogP contribution in [0.15, 0.2) is 5.51 Å². The Hall–Kier alpha value is -0.900. The van der Waals surface area contributed by atoms with Crippen LogP contribution in [0.2, 0.25) is 0 Å². The first-order valence-electron chi connectivity index (χ1n) is 5.44. The maximum absolute atomic E-state index is 11.2. The number of carbonyl (C=O) groups is 1. The summed E-state index contributed by atoms with van der Waals surface area (Å²) in [6.07, 6.45) is 1.49. The van der Waals surface area contributed by atoms with Crippen LogP contribution in [0.5, 0.6) is 0 Å². The molecule has 1 atom stereocenters. The van der Waals surface area contributed by atoms with E-state index in [1.54, 1.807) is 11.3 Å². The van der Waals surface area contributed by atoms with Crippen LogP contribution in [-0.4, -0.2) is 16.1 Å². The molecule has 16 heavy (non-hydrogen) atoms. The van der Waals surface area contributed by atoms with Crippen molar-refractivity contribution < 1.29 is 9.90 Å². The molecule has 0 amide bonds. The molecule has 4 heteroatoms. The van der Waals surface area contributed by atoms with Crippen LogP contribution in [0.3, 0.4) is 0 Å². The zero-order chi connectivity index (χ0) is 12.3. The van der Waals surface area contributed by atoms with Crippen molar-refractivity contribution >= 4 is 17.3 Å². The van der Waals surface area contributed by atoms with E-state index in [2.05, 4.69) is 4.98 Å². The molecule has 0 saturated heterocycles. The van der Waals surface area contributed by atoms with E-state index >= 15 is 0 Å². The molecule has 0 spiro atoms. The Morgan fingerprint density at radius 2 is 2.19 bits per heavy atom. The molecule has 0 aliphatic carbocycles. The Labute approximate surface area is 101 Å². The van der Waals surface area contributed by atoms with Crippen molar-refractivity contribution in [1.82, 2.24) is 4.98 Å². The lowest BCUT2D eigenvalue weighted by Crippen LogP contribution is -2.28. The number of hydrogen-bond donors (Lipinski definition) is 1. The second-order valence-corrected chi connectivity index (χ2v) is 6.10. The number of aromatic nitrogens is 1. The third-order valence-electron chi connectivity index (χ3n) is 2.85. The molecule has 0 saturated carbocycles. The maximum atomic E-state index is 11.2. The van der Waals surface area contributed by atoms with Gasteiger partial charge in [-0.2, -0.15) is 0 Å². The summed E-state index contributed by atoms with van der Waals surface area (Å²) in [6.45, 7) is 7.90. The largest absolute Gasteiger partial charge is 0.481 e. The zero-order valence-electron chi connectivity index (χ0n) is 10.3. The Bertz CT molecular complexity index is 365. The van der Waals surface area contributed by atoms with Crippen molar-refractivity contribution in [3.8, 4) is 0 Å². The minimum atomic E-state index is -0.699. The van der Waals surface area contributed by atoms with E-state index in [4.69, 9.17) is 0 Å². The molecule has 1 aromatic heterocycles. The first-order valence-corrected chi connectivity index (χ1v) is 6.32. The van der Waals surface area contributed by atoms with Gasteiger partial charge in [-0.05, 0) is 25.2 Å². The smallest absolute Gasteiger partial charge is 0.307 e. The van der Waals surface area contributed by atoms with Crippen molar-refractivity contribution in [2.75, 3.05) is 0 Å². The minimum Gasteiger partial charge on any atom is -0.481 e. The van der Waals surface area contributed by atoms with Crippen LogP contribution >= 0.6 is 11.3 Å². The fraction of sp³-hybridized carbons (Fsp3) is 0.667. The Balaban J connectivity index is 2.65. The van der Waals surface area contributed by atoms with E-state index in [9.17, 15) is 9.90 Å². The molecule has 90 valence electrons. The molecule has 0 aliphatic rings. The fourth-order valence-corrected chi connectivity index (χ4v) is 2.57. The second-order valence-electron chi connectivity index (χ2n) is 5.16. The number of aliphatic carboxylic acids is 1. The van der Waals surface area contributed by atoms with Gasteiger partial charge in [-0.15, -0.1) is 11.3 Å². The molecule has 1 rings (SSSR count). The number of hydrogen-bond acceptors (Lipinski definition) is 3. The summed E-state index contributed by atoms with van der Waals surface area (Å²) in [5, 5.41) is 9.19. The highest BCUT2D eigenvalue weighted by Crippen LogP contribution is 2.30. The van der Waals surface area contributed by atoms with Crippen LogP contribution in [0.25, 0.3) is 0 Å². The number of carboxylic acids is 1. The number of rotatable bonds is 4. The van der Waals surface area contributed by atoms with Gasteiger partial charge in [0.1, 0.15) is 0 Å². The van der Waals surface area contributed by atoms with Gasteiger partial charge in [0, 0.05) is 4.88 Å². The molecule has 1 heterocycles. The molecule has 0 radical (unpaired) electrons. The molecule has 1 aromatic rings. The van der Waals surface area contributed by atoms with E-state index in [1.807, 2.05) is 33.2 Å². The lowest BCUT2D eigenvalue weighted by Gasteiger charge is -2.26. The second kappa shape index (κ2) is 4.95. The predicted molar refractivity (Wildman–Crippen MR) is 65.8 cm³/mol. The highest BCUT2D eigenvalue weighted by atomic mass is 32.1. The van der Waals surface area contributed by atoms with Gasteiger partial charge in [-0.3, -0.25) is 4.79 Å². The van der Waals surface area contributed by atoms with Crippen LogP contribution in [-0.2, 0) is 11.2 Å². The van der Waals surface area contributed by atoms with E-state index < -0.39 is 5.97 Å². The van der Waals surface area contributed by atoms with Gasteiger partial charge in [-0.1, -0.05) is 20.8 Å². The van der Waals surface area contributed by atoms with Crippen molar-refractivity contribution in [3.63, 3.8) is 0 Å². The molecule has 3 nitrogen and oxygen atoms in total. The highest BCUT2D eigenvalue weighted by Gasteiger charge is 2.30. The number of aryl methyl sites for hydroxylation is 2. The summed E-state index contributed by atoms with van der Waals surface area (Å²) in [5.41, 5.74) is 2.66. The highest BCUT2D eigenvalue weighted by molar-refractivity contribution is 7.09. The lowest BCUT2D eigenvalue weighted by atomic mass is 9.78. The lowest BCUT2D eigenvalue weighted by molar-refractivity contribution is -0.145. The topological polar surface area (TPSA) is 50.2 Å². The van der Waals surface area contributed by atoms with E-state index in [0.29, 0.717) is 6.42 Å². The molecule has 1 unspecified atom stereocenters. The molecule has 0 aliphatic heterocycles. The molecule has 0 fully saturated rings. The summed E-state index contributed by atoms with van der Waals surface area (Å²) in [6, 6.07) is 0. The van der Waals surface area contributed by atoms with Gasteiger partial charge in [0.25, 0.3) is 0 Å². The number of thiazole rings is 1. The van der Waals surface area contributed by atoms with E-state index in [-0.39, 0.29) is 11.3 Å². The normalized spacial score (nSPS) is 13.8. The zero-order valence-corrected chi connectivity index (χ0v) is 11.1. The van der Waals surface area contributed by atoms with Crippen molar-refractivity contribution in [2.24, 2.45) is 11.3 Å². The summed E-state index contributed by atoms with van der Waals surface area (Å²) < 4.78 is 0. The standard InChI is InChI=1S/C12H19NO2S/c1-8-10(16-7-13-8)6-5-9(11(14)15)12(2,3)4/h7,9H,5-6H2,1-4H3,(H,14,15). The average Bonchev–Trinajstić information content (AvgIpc) is 2.49. The SMILES string of the molecule is Cc1ncsc1CCC(C(=O)O)C(C)(C)C. The van der Waals surface area contributed by atoms with Crippen LogP contribution < -0.4 is 0 Å². The Morgan fingerprint density at radius 1 is 1.56 bits per heavy atom. The summed E-state index contributed by atoms with van der Waals surface area (Å²) >= 11 is 1.61. The third-order valence-corrected chi connectivity index (χ3v) is 3.84. The molecular weight excluding hydrogens is 222 g/mol. The minimum absolute atomic E-state index is 0.190. The monoisotopic (exact) mass is 241 g/mol. The van der Waals surface area contributed by atoms with Gasteiger partial charge in [0.2, 0.25) is 0 Å². The summed E-state index contributed by atoms with van der Waals surface area (Å²) in [4.78, 5) is 16.6. The van der Waals surface area contributed by atoms with Gasteiger partial charge < -0.3 is 5.11 Å². The first-order chi connectivity index (χ1) is 7.32. The Morgan fingerprint density at radius 3 is 2.56 bits per heavy atom. The number of carboxylic acid groups (broad SMARTS) is 1. The summed E-state index contributed by atoms with van der Waals surface area (Å²) in [5.74, 6) is -0.997.